The predicted octanol–water partition coefficient (Wildman–Crippen LogP) is -0.298. The van der Waals surface area contributed by atoms with E-state index in [0.717, 1.165) is 6.42 Å². The van der Waals surface area contributed by atoms with Crippen molar-refractivity contribution in [3.8, 4) is 0 Å². The highest BCUT2D eigenvalue weighted by molar-refractivity contribution is 5.76. The molecule has 0 aromatic heterocycles. The summed E-state index contributed by atoms with van der Waals surface area (Å²) in [6, 6.07) is -0.548. The lowest BCUT2D eigenvalue weighted by Gasteiger charge is -2.40. The van der Waals surface area contributed by atoms with Gasteiger partial charge in [-0.2, -0.15) is 0 Å². The van der Waals surface area contributed by atoms with Crippen LogP contribution in [-0.4, -0.2) is 73.1 Å². The van der Waals surface area contributed by atoms with E-state index < -0.39 is 30.1 Å². The number of carbonyl (C=O) groups is 1. The Morgan fingerprint density at radius 2 is 1.95 bits per heavy atom. The molecule has 1 saturated heterocycles. The van der Waals surface area contributed by atoms with Crippen molar-refractivity contribution in [1.82, 2.24) is 4.90 Å². The smallest absolute Gasteiger partial charge is 0.323 e. The Balaban J connectivity index is 2.87. The third-order valence-electron chi connectivity index (χ3n) is 4.02. The van der Waals surface area contributed by atoms with Crippen molar-refractivity contribution < 1.29 is 29.2 Å². The lowest BCUT2D eigenvalue weighted by Crippen LogP contribution is -2.58. The van der Waals surface area contributed by atoms with Crippen LogP contribution < -0.4 is 0 Å². The molecule has 7 nitrogen and oxygen atoms in total. The molecule has 1 aliphatic heterocycles. The Bertz CT molecular complexity index is 312. The summed E-state index contributed by atoms with van der Waals surface area (Å²) in [7, 11) is 4.12. The molecule has 0 aliphatic carbocycles. The summed E-state index contributed by atoms with van der Waals surface area (Å²) in [5, 5.41) is 20.7. The molecule has 1 heterocycles. The number of rotatable bonds is 7. The molecule has 1 unspecified atom stereocenters. The SMILES string of the molecule is CCC(OC)(OC)[C@@H](O)[C@H](O)N1CCCC1C(=O)OC. The van der Waals surface area contributed by atoms with Crippen molar-refractivity contribution in [3.05, 3.63) is 0 Å². The van der Waals surface area contributed by atoms with Crippen LogP contribution in [0.5, 0.6) is 0 Å². The zero-order valence-electron chi connectivity index (χ0n) is 12.5. The molecule has 7 heteroatoms. The second-order valence-electron chi connectivity index (χ2n) is 4.85. The lowest BCUT2D eigenvalue weighted by atomic mass is 10.0. The average molecular weight is 291 g/mol. The van der Waals surface area contributed by atoms with E-state index in [1.54, 1.807) is 6.92 Å². The van der Waals surface area contributed by atoms with Crippen LogP contribution in [0.25, 0.3) is 0 Å². The van der Waals surface area contributed by atoms with Crippen LogP contribution in [0.4, 0.5) is 0 Å². The standard InChI is InChI=1S/C13H25NO6/c1-5-13(19-3,20-4)10(15)11(16)14-8-6-7-9(14)12(17)18-2/h9-11,15-16H,5-8H2,1-4H3/t9?,10-,11-/m0/s1. The molecule has 1 fully saturated rings. The molecule has 0 aromatic carbocycles. The number of aliphatic hydroxyl groups excluding tert-OH is 2. The minimum atomic E-state index is -1.30. The van der Waals surface area contributed by atoms with E-state index in [4.69, 9.17) is 14.2 Å². The van der Waals surface area contributed by atoms with Gasteiger partial charge < -0.3 is 24.4 Å². The van der Waals surface area contributed by atoms with Crippen LogP contribution >= 0.6 is 0 Å². The summed E-state index contributed by atoms with van der Waals surface area (Å²) < 4.78 is 15.2. The summed E-state index contributed by atoms with van der Waals surface area (Å²) in [6.45, 7) is 2.29. The van der Waals surface area contributed by atoms with E-state index in [-0.39, 0.29) is 0 Å². The molecule has 0 bridgehead atoms. The number of nitrogens with zero attached hydrogens (tertiary/aromatic N) is 1. The number of methoxy groups -OCH3 is 3. The van der Waals surface area contributed by atoms with Gasteiger partial charge >= 0.3 is 5.97 Å². The van der Waals surface area contributed by atoms with E-state index in [1.807, 2.05) is 0 Å². The molecular weight excluding hydrogens is 266 g/mol. The van der Waals surface area contributed by atoms with Gasteiger partial charge in [0.25, 0.3) is 0 Å². The molecular formula is C13H25NO6. The highest BCUT2D eigenvalue weighted by Crippen LogP contribution is 2.28. The predicted molar refractivity (Wildman–Crippen MR) is 70.8 cm³/mol. The molecule has 0 amide bonds. The van der Waals surface area contributed by atoms with E-state index in [2.05, 4.69) is 0 Å². The number of esters is 1. The molecule has 0 spiro atoms. The zero-order valence-corrected chi connectivity index (χ0v) is 12.5. The first kappa shape index (κ1) is 17.3. The largest absolute Gasteiger partial charge is 0.468 e. The molecule has 1 aliphatic rings. The van der Waals surface area contributed by atoms with Gasteiger partial charge in [-0.05, 0) is 12.8 Å². The Labute approximate surface area is 119 Å². The van der Waals surface area contributed by atoms with Crippen molar-refractivity contribution >= 4 is 5.97 Å². The molecule has 2 N–H and O–H groups in total. The zero-order chi connectivity index (χ0) is 15.3. The Kier molecular flexibility index (Phi) is 6.35. The average Bonchev–Trinajstić information content (AvgIpc) is 2.97. The summed E-state index contributed by atoms with van der Waals surface area (Å²) in [6.07, 6.45) is -0.859. The summed E-state index contributed by atoms with van der Waals surface area (Å²) in [5.41, 5.74) is 0. The maximum atomic E-state index is 11.7. The maximum absolute atomic E-state index is 11.7. The molecule has 0 aromatic rings. The maximum Gasteiger partial charge on any atom is 0.323 e. The number of carbonyl (C=O) groups excluding carboxylic acids is 1. The van der Waals surface area contributed by atoms with Gasteiger partial charge in [-0.25, -0.2) is 0 Å². The van der Waals surface area contributed by atoms with Crippen LogP contribution in [0.3, 0.4) is 0 Å². The van der Waals surface area contributed by atoms with Gasteiger partial charge in [0.15, 0.2) is 5.79 Å². The van der Waals surface area contributed by atoms with Gasteiger partial charge in [-0.1, -0.05) is 6.92 Å². The third-order valence-corrected chi connectivity index (χ3v) is 4.02. The number of hydrogen-bond donors (Lipinski definition) is 2. The van der Waals surface area contributed by atoms with Gasteiger partial charge in [-0.3, -0.25) is 9.69 Å². The van der Waals surface area contributed by atoms with E-state index >= 15 is 0 Å². The molecule has 20 heavy (non-hydrogen) atoms. The summed E-state index contributed by atoms with van der Waals surface area (Å²) >= 11 is 0. The summed E-state index contributed by atoms with van der Waals surface area (Å²) in [5.74, 6) is -1.71. The van der Waals surface area contributed by atoms with Crippen molar-refractivity contribution in [2.75, 3.05) is 27.9 Å². The normalized spacial score (nSPS) is 23.6. The Morgan fingerprint density at radius 3 is 2.40 bits per heavy atom. The fourth-order valence-corrected chi connectivity index (χ4v) is 2.73. The minimum absolute atomic E-state index is 0.356. The third kappa shape index (κ3) is 3.12. The van der Waals surface area contributed by atoms with Crippen LogP contribution in [-0.2, 0) is 19.0 Å². The summed E-state index contributed by atoms with van der Waals surface area (Å²) in [4.78, 5) is 13.2. The number of likely N-dealkylation sites (tertiary alicyclic amines) is 1. The first-order chi connectivity index (χ1) is 9.47. The first-order valence-electron chi connectivity index (χ1n) is 6.77. The lowest BCUT2D eigenvalue weighted by molar-refractivity contribution is -0.292. The van der Waals surface area contributed by atoms with Crippen molar-refractivity contribution in [2.24, 2.45) is 0 Å². The number of ether oxygens (including phenoxy) is 3. The number of aliphatic hydroxyl groups is 2. The highest BCUT2D eigenvalue weighted by Gasteiger charge is 2.47. The van der Waals surface area contributed by atoms with Crippen LogP contribution in [0.2, 0.25) is 0 Å². The monoisotopic (exact) mass is 291 g/mol. The fraction of sp³-hybridized carbons (Fsp3) is 0.923. The van der Waals surface area contributed by atoms with Gasteiger partial charge in [0, 0.05) is 27.2 Å². The van der Waals surface area contributed by atoms with E-state index in [0.29, 0.717) is 19.4 Å². The second-order valence-corrected chi connectivity index (χ2v) is 4.85. The van der Waals surface area contributed by atoms with Crippen molar-refractivity contribution in [1.29, 1.82) is 0 Å². The Morgan fingerprint density at radius 1 is 1.35 bits per heavy atom. The van der Waals surface area contributed by atoms with Crippen LogP contribution in [0.15, 0.2) is 0 Å². The van der Waals surface area contributed by atoms with Gasteiger partial charge in [-0.15, -0.1) is 0 Å². The van der Waals surface area contributed by atoms with Crippen molar-refractivity contribution in [2.45, 2.75) is 50.3 Å². The highest BCUT2D eigenvalue weighted by atomic mass is 16.7. The van der Waals surface area contributed by atoms with Gasteiger partial charge in [0.2, 0.25) is 0 Å². The van der Waals surface area contributed by atoms with Gasteiger partial charge in [0.1, 0.15) is 18.4 Å². The van der Waals surface area contributed by atoms with Gasteiger partial charge in [0.05, 0.1) is 7.11 Å². The molecule has 1 rings (SSSR count). The quantitative estimate of drug-likeness (QED) is 0.492. The minimum Gasteiger partial charge on any atom is -0.468 e. The molecule has 118 valence electrons. The Hall–Kier alpha value is -0.730. The molecule has 0 saturated carbocycles. The molecule has 3 atom stereocenters. The van der Waals surface area contributed by atoms with Crippen LogP contribution in [0, 0.1) is 0 Å². The molecule has 0 radical (unpaired) electrons. The topological polar surface area (TPSA) is 88.5 Å². The second kappa shape index (κ2) is 7.33. The number of hydrogen-bond acceptors (Lipinski definition) is 7. The fourth-order valence-electron chi connectivity index (χ4n) is 2.73. The van der Waals surface area contributed by atoms with Crippen molar-refractivity contribution in [3.63, 3.8) is 0 Å². The van der Waals surface area contributed by atoms with E-state index in [1.165, 1.54) is 26.2 Å². The first-order valence-corrected chi connectivity index (χ1v) is 6.77. The van der Waals surface area contributed by atoms with E-state index in [9.17, 15) is 15.0 Å². The van der Waals surface area contributed by atoms with Crippen LogP contribution in [0.1, 0.15) is 26.2 Å².